The molecule has 6 heteroatoms. The molecule has 0 aromatic rings. The molecule has 0 amide bonds. The van der Waals surface area contributed by atoms with Crippen LogP contribution in [0.1, 0.15) is 39.5 Å². The first kappa shape index (κ1) is 16.8. The number of carbonyl (C=O) groups excluding carboxylic acids is 1. The third-order valence-corrected chi connectivity index (χ3v) is 10.6. The van der Waals surface area contributed by atoms with Crippen molar-refractivity contribution in [1.29, 1.82) is 0 Å². The third-order valence-electron chi connectivity index (χ3n) is 10.6. The van der Waals surface area contributed by atoms with Gasteiger partial charge in [-0.05, 0) is 37.0 Å². The molecule has 0 aromatic heterocycles. The van der Waals surface area contributed by atoms with Crippen LogP contribution in [0.25, 0.3) is 0 Å². The first-order valence-corrected chi connectivity index (χ1v) is 10.8. The summed E-state index contributed by atoms with van der Waals surface area (Å²) in [7, 11) is 0. The predicted molar refractivity (Wildman–Crippen MR) is 97.9 cm³/mol. The zero-order valence-electron chi connectivity index (χ0n) is 16.5. The second-order valence-corrected chi connectivity index (χ2v) is 11.5. The minimum Gasteiger partial charge on any atom is -0.463 e. The Morgan fingerprint density at radius 3 is 2.71 bits per heavy atom. The Kier molecular flexibility index (Phi) is 2.55. The summed E-state index contributed by atoms with van der Waals surface area (Å²) in [5.41, 5.74) is -1.07. The highest BCUT2D eigenvalue weighted by Gasteiger charge is 2.94. The molecule has 0 aromatic carbocycles. The first-order chi connectivity index (χ1) is 13.1. The highest BCUT2D eigenvalue weighted by atomic mass is 16.5. The van der Waals surface area contributed by atoms with Crippen molar-refractivity contribution in [3.8, 4) is 0 Å². The van der Waals surface area contributed by atoms with Gasteiger partial charge >= 0.3 is 5.97 Å². The molecule has 4 unspecified atom stereocenters. The van der Waals surface area contributed by atoms with E-state index in [9.17, 15) is 20.1 Å². The normalized spacial score (nSPS) is 69.3. The van der Waals surface area contributed by atoms with E-state index in [1.54, 1.807) is 0 Å². The van der Waals surface area contributed by atoms with Gasteiger partial charge in [-0.25, -0.2) is 0 Å². The molecule has 3 N–H and O–H groups in total. The van der Waals surface area contributed by atoms with E-state index in [1.807, 2.05) is 0 Å². The molecule has 3 aliphatic heterocycles. The van der Waals surface area contributed by atoms with Crippen molar-refractivity contribution in [1.82, 2.24) is 4.90 Å². The monoisotopic (exact) mass is 387 g/mol. The molecule has 3 saturated heterocycles. The van der Waals surface area contributed by atoms with Crippen LogP contribution in [0.3, 0.4) is 0 Å². The van der Waals surface area contributed by atoms with Gasteiger partial charge in [0.25, 0.3) is 0 Å². The summed E-state index contributed by atoms with van der Waals surface area (Å²) in [4.78, 5) is 14.3. The van der Waals surface area contributed by atoms with Crippen LogP contribution in [-0.2, 0) is 9.53 Å². The van der Waals surface area contributed by atoms with Gasteiger partial charge < -0.3 is 20.1 Å². The van der Waals surface area contributed by atoms with E-state index in [2.05, 4.69) is 18.4 Å². The van der Waals surface area contributed by atoms with E-state index in [4.69, 9.17) is 4.74 Å². The summed E-state index contributed by atoms with van der Waals surface area (Å²) >= 11 is 0. The molecule has 9 aliphatic rings. The number of ether oxygens (including phenoxy) is 1. The Bertz CT molecular complexity index is 860. The van der Waals surface area contributed by atoms with E-state index in [0.717, 1.165) is 25.0 Å². The Labute approximate surface area is 164 Å². The number of carbonyl (C=O) groups is 1. The summed E-state index contributed by atoms with van der Waals surface area (Å²) in [6, 6.07) is 0.245. The predicted octanol–water partition coefficient (Wildman–Crippen LogP) is 0.450. The van der Waals surface area contributed by atoms with E-state index < -0.39 is 29.1 Å². The molecule has 6 nitrogen and oxygen atoms in total. The van der Waals surface area contributed by atoms with Crippen LogP contribution >= 0.6 is 0 Å². The zero-order valence-corrected chi connectivity index (χ0v) is 16.5. The minimum absolute atomic E-state index is 0.0237. The maximum Gasteiger partial charge on any atom is 0.302 e. The summed E-state index contributed by atoms with van der Waals surface area (Å²) in [6.07, 6.45) is 1.27. The molecule has 0 radical (unpaired) electrons. The number of nitrogens with zero attached hydrogens (tertiary/aromatic N) is 1. The number of aliphatic hydroxyl groups is 3. The Morgan fingerprint density at radius 1 is 1.25 bits per heavy atom. The van der Waals surface area contributed by atoms with Gasteiger partial charge in [0.2, 0.25) is 0 Å². The van der Waals surface area contributed by atoms with Crippen LogP contribution in [0.5, 0.6) is 0 Å². The Morgan fingerprint density at radius 2 is 2.00 bits per heavy atom. The van der Waals surface area contributed by atoms with Crippen molar-refractivity contribution >= 4 is 5.97 Å². The summed E-state index contributed by atoms with van der Waals surface area (Å²) in [5, 5.41) is 35.1. The van der Waals surface area contributed by atoms with Gasteiger partial charge in [-0.15, -0.1) is 0 Å². The lowest BCUT2D eigenvalue weighted by molar-refractivity contribution is -0.280. The van der Waals surface area contributed by atoms with E-state index >= 15 is 0 Å². The lowest BCUT2D eigenvalue weighted by atomic mass is 9.39. The van der Waals surface area contributed by atoms with Crippen molar-refractivity contribution in [2.75, 3.05) is 6.54 Å². The van der Waals surface area contributed by atoms with Gasteiger partial charge in [0.15, 0.2) is 0 Å². The van der Waals surface area contributed by atoms with Crippen LogP contribution in [-0.4, -0.2) is 68.7 Å². The van der Waals surface area contributed by atoms with E-state index in [1.165, 1.54) is 6.92 Å². The molecule has 9 fully saturated rings. The maximum absolute atomic E-state index is 12.2. The molecule has 2 spiro atoms. The minimum atomic E-state index is -1.20. The first-order valence-electron chi connectivity index (χ1n) is 10.8. The number of fused-ring (bicyclic) bond motifs is 1. The molecule has 13 atom stereocenters. The second kappa shape index (κ2) is 4.25. The summed E-state index contributed by atoms with van der Waals surface area (Å²) in [5.74, 6) is -0.379. The van der Waals surface area contributed by atoms with Crippen molar-refractivity contribution in [3.05, 3.63) is 12.2 Å². The molecule has 9 rings (SSSR count). The topological polar surface area (TPSA) is 90.2 Å². The van der Waals surface area contributed by atoms with Gasteiger partial charge in [0, 0.05) is 48.2 Å². The maximum atomic E-state index is 12.2. The van der Waals surface area contributed by atoms with Gasteiger partial charge in [-0.3, -0.25) is 9.69 Å². The molecular weight excluding hydrogens is 358 g/mol. The molecule has 6 aliphatic carbocycles. The molecular formula is C22H29NO5. The number of rotatable bonds is 1. The van der Waals surface area contributed by atoms with Gasteiger partial charge in [0.1, 0.15) is 11.7 Å². The van der Waals surface area contributed by atoms with Gasteiger partial charge in [-0.2, -0.15) is 0 Å². The lowest BCUT2D eigenvalue weighted by Crippen LogP contribution is -2.76. The van der Waals surface area contributed by atoms with Crippen LogP contribution in [0.15, 0.2) is 12.2 Å². The zero-order chi connectivity index (χ0) is 19.6. The number of hydrogen-bond acceptors (Lipinski definition) is 6. The van der Waals surface area contributed by atoms with Crippen molar-refractivity contribution in [2.45, 2.75) is 75.5 Å². The second-order valence-electron chi connectivity index (χ2n) is 11.5. The standard InChI is InChI=1S/C22H29NO5/c1-9-4-20-7-12-15-19(3)5-11(28-10(2)24)6-21(15)16(20)14(25)13(9)17(26)22(20,27)18(21)23(12)8-19/h11-18,25-27H,1,4-8H2,2-3H3/t11-,12-,13+,14+,15+,16+,17?,18?,19-,20+,21-,22?/m0/s1. The average molecular weight is 387 g/mol. The average Bonchev–Trinajstić information content (AvgIpc) is 2.97. The Balaban J connectivity index is 1.49. The van der Waals surface area contributed by atoms with Crippen LogP contribution in [0, 0.1) is 34.0 Å². The van der Waals surface area contributed by atoms with E-state index in [-0.39, 0.29) is 34.9 Å². The van der Waals surface area contributed by atoms with Gasteiger partial charge in [-0.1, -0.05) is 19.1 Å². The molecule has 152 valence electrons. The number of piperidine rings is 2. The number of hydrogen-bond donors (Lipinski definition) is 3. The van der Waals surface area contributed by atoms with Crippen LogP contribution in [0.4, 0.5) is 0 Å². The molecule has 28 heavy (non-hydrogen) atoms. The fourth-order valence-electron chi connectivity index (χ4n) is 11.0. The SMILES string of the molecule is C=C1C[C@]23C[C@H]4[C@@H]5[C@@]6(C)C[C@H](OC(C)=O)C[C@]57C(N4C6)C2(O)C(O)[C@H]1[C@@H](O)[C@@H]73. The van der Waals surface area contributed by atoms with Crippen LogP contribution < -0.4 is 0 Å². The number of aliphatic hydroxyl groups excluding tert-OH is 2. The van der Waals surface area contributed by atoms with Crippen molar-refractivity contribution in [2.24, 2.45) is 34.0 Å². The van der Waals surface area contributed by atoms with E-state index in [0.29, 0.717) is 24.8 Å². The van der Waals surface area contributed by atoms with Crippen LogP contribution in [0.2, 0.25) is 0 Å². The quantitative estimate of drug-likeness (QED) is 0.447. The number of esters is 1. The molecule has 3 heterocycles. The fourth-order valence-corrected chi connectivity index (χ4v) is 11.0. The van der Waals surface area contributed by atoms with Gasteiger partial charge in [0.05, 0.1) is 12.2 Å². The highest BCUT2D eigenvalue weighted by Crippen LogP contribution is 2.88. The highest BCUT2D eigenvalue weighted by molar-refractivity contribution is 5.66. The molecule has 9 bridgehead atoms. The smallest absolute Gasteiger partial charge is 0.302 e. The Hall–Kier alpha value is -0.950. The lowest BCUT2D eigenvalue weighted by Gasteiger charge is -2.67. The largest absolute Gasteiger partial charge is 0.463 e. The third kappa shape index (κ3) is 1.26. The molecule has 6 saturated carbocycles. The summed E-state index contributed by atoms with van der Waals surface area (Å²) < 4.78 is 5.75. The van der Waals surface area contributed by atoms with Crippen molar-refractivity contribution < 1.29 is 24.9 Å². The summed E-state index contributed by atoms with van der Waals surface area (Å²) in [6.45, 7) is 8.85. The fraction of sp³-hybridized carbons (Fsp3) is 0.864. The van der Waals surface area contributed by atoms with Crippen molar-refractivity contribution in [3.63, 3.8) is 0 Å².